The van der Waals surface area contributed by atoms with Gasteiger partial charge in [-0.2, -0.15) is 4.31 Å². The van der Waals surface area contributed by atoms with Crippen LogP contribution in [0.5, 0.6) is 5.75 Å². The molecule has 2 aromatic rings. The van der Waals surface area contributed by atoms with Crippen molar-refractivity contribution >= 4 is 21.6 Å². The zero-order chi connectivity index (χ0) is 18.0. The number of piperazine rings is 1. The summed E-state index contributed by atoms with van der Waals surface area (Å²) in [6, 6.07) is 12.8. The second kappa shape index (κ2) is 6.73. The first-order valence-electron chi connectivity index (χ1n) is 7.83. The van der Waals surface area contributed by atoms with Gasteiger partial charge in [-0.1, -0.05) is 24.3 Å². The number of nitrogens with two attached hydrogens (primary N) is 1. The predicted molar refractivity (Wildman–Crippen MR) is 93.6 cm³/mol. The number of phenols is 1. The van der Waals surface area contributed by atoms with E-state index < -0.39 is 10.0 Å². The first-order valence-corrected chi connectivity index (χ1v) is 9.27. The van der Waals surface area contributed by atoms with Crippen LogP contribution in [-0.4, -0.2) is 54.8 Å². The summed E-state index contributed by atoms with van der Waals surface area (Å²) >= 11 is 0. The van der Waals surface area contributed by atoms with Gasteiger partial charge in [-0.05, 0) is 24.3 Å². The summed E-state index contributed by atoms with van der Waals surface area (Å²) in [6.07, 6.45) is 0. The van der Waals surface area contributed by atoms with Gasteiger partial charge in [0, 0.05) is 26.2 Å². The number of rotatable bonds is 3. The second-order valence-corrected chi connectivity index (χ2v) is 7.69. The van der Waals surface area contributed by atoms with Gasteiger partial charge in [0.1, 0.15) is 0 Å². The van der Waals surface area contributed by atoms with Crippen LogP contribution in [0.25, 0.3) is 0 Å². The lowest BCUT2D eigenvalue weighted by atomic mass is 10.1. The molecule has 2 aromatic carbocycles. The smallest absolute Gasteiger partial charge is 0.257 e. The fourth-order valence-electron chi connectivity index (χ4n) is 2.78. The van der Waals surface area contributed by atoms with E-state index in [2.05, 4.69) is 0 Å². The SMILES string of the molecule is Nc1cccc(C(=O)N2CCN(S(=O)(=O)c3ccccc3)CC2)c1O. The Morgan fingerprint density at radius 2 is 1.60 bits per heavy atom. The monoisotopic (exact) mass is 361 g/mol. The number of para-hydroxylation sites is 1. The van der Waals surface area contributed by atoms with E-state index in [0.717, 1.165) is 0 Å². The third-order valence-electron chi connectivity index (χ3n) is 4.20. The highest BCUT2D eigenvalue weighted by molar-refractivity contribution is 7.89. The van der Waals surface area contributed by atoms with Gasteiger partial charge in [0.25, 0.3) is 5.91 Å². The molecule has 0 radical (unpaired) electrons. The average molecular weight is 361 g/mol. The first kappa shape index (κ1) is 17.2. The zero-order valence-corrected chi connectivity index (χ0v) is 14.3. The van der Waals surface area contributed by atoms with Crippen molar-refractivity contribution in [2.45, 2.75) is 4.90 Å². The molecule has 0 atom stereocenters. The molecule has 1 saturated heterocycles. The number of benzene rings is 2. The standard InChI is InChI=1S/C17H19N3O4S/c18-15-8-4-7-14(16(15)21)17(22)19-9-11-20(12-10-19)25(23,24)13-5-2-1-3-6-13/h1-8,21H,9-12,18H2. The van der Waals surface area contributed by atoms with Crippen molar-refractivity contribution in [1.82, 2.24) is 9.21 Å². The quantitative estimate of drug-likeness (QED) is 0.630. The third-order valence-corrected chi connectivity index (χ3v) is 6.12. The Labute approximate surface area is 146 Å². The molecule has 0 aromatic heterocycles. The fourth-order valence-corrected chi connectivity index (χ4v) is 4.22. The average Bonchev–Trinajstić information content (AvgIpc) is 2.64. The summed E-state index contributed by atoms with van der Waals surface area (Å²) in [5.41, 5.74) is 5.88. The molecule has 0 unspecified atom stereocenters. The molecule has 3 N–H and O–H groups in total. The van der Waals surface area contributed by atoms with Crippen molar-refractivity contribution in [3.63, 3.8) is 0 Å². The summed E-state index contributed by atoms with van der Waals surface area (Å²) in [5, 5.41) is 9.95. The number of anilines is 1. The summed E-state index contributed by atoms with van der Waals surface area (Å²) in [5.74, 6) is -0.603. The third kappa shape index (κ3) is 3.31. The highest BCUT2D eigenvalue weighted by atomic mass is 32.2. The van der Waals surface area contributed by atoms with Crippen LogP contribution in [0, 0.1) is 0 Å². The molecular weight excluding hydrogens is 342 g/mol. The number of nitrogen functional groups attached to an aromatic ring is 1. The van der Waals surface area contributed by atoms with E-state index in [4.69, 9.17) is 5.73 Å². The van der Waals surface area contributed by atoms with Gasteiger partial charge in [0.05, 0.1) is 16.1 Å². The Balaban J connectivity index is 1.72. The van der Waals surface area contributed by atoms with E-state index in [1.54, 1.807) is 36.4 Å². The number of carbonyl (C=O) groups is 1. The number of sulfonamides is 1. The van der Waals surface area contributed by atoms with Gasteiger partial charge >= 0.3 is 0 Å². The molecule has 132 valence electrons. The molecule has 0 spiro atoms. The van der Waals surface area contributed by atoms with Crippen LogP contribution in [0.15, 0.2) is 53.4 Å². The topological polar surface area (TPSA) is 104 Å². The second-order valence-electron chi connectivity index (χ2n) is 5.75. The molecule has 7 nitrogen and oxygen atoms in total. The highest BCUT2D eigenvalue weighted by Gasteiger charge is 2.31. The van der Waals surface area contributed by atoms with Crippen LogP contribution in [0.3, 0.4) is 0 Å². The van der Waals surface area contributed by atoms with Gasteiger partial charge in [-0.3, -0.25) is 4.79 Å². The van der Waals surface area contributed by atoms with Crippen molar-refractivity contribution in [1.29, 1.82) is 0 Å². The first-order chi connectivity index (χ1) is 11.9. The van der Waals surface area contributed by atoms with Crippen molar-refractivity contribution in [3.8, 4) is 5.75 Å². The molecule has 0 bridgehead atoms. The maximum absolute atomic E-state index is 12.6. The molecule has 1 fully saturated rings. The van der Waals surface area contributed by atoms with Crippen molar-refractivity contribution in [2.24, 2.45) is 0 Å². The molecule has 0 saturated carbocycles. The van der Waals surface area contributed by atoms with Gasteiger partial charge in [-0.15, -0.1) is 0 Å². The number of phenolic OH excluding ortho intramolecular Hbond substituents is 1. The lowest BCUT2D eigenvalue weighted by Gasteiger charge is -2.34. The minimum Gasteiger partial charge on any atom is -0.505 e. The predicted octanol–water partition coefficient (Wildman–Crippen LogP) is 1.12. The molecule has 0 aliphatic carbocycles. The Kier molecular flexibility index (Phi) is 4.65. The summed E-state index contributed by atoms with van der Waals surface area (Å²) in [7, 11) is -3.56. The molecular formula is C17H19N3O4S. The van der Waals surface area contributed by atoms with Crippen LogP contribution in [0.4, 0.5) is 5.69 Å². The van der Waals surface area contributed by atoms with Gasteiger partial charge in [-0.25, -0.2) is 8.42 Å². The van der Waals surface area contributed by atoms with Gasteiger partial charge in [0.15, 0.2) is 5.75 Å². The zero-order valence-electron chi connectivity index (χ0n) is 13.5. The molecule has 1 aliphatic rings. The molecule has 1 aliphatic heterocycles. The van der Waals surface area contributed by atoms with E-state index in [1.165, 1.54) is 21.3 Å². The maximum atomic E-state index is 12.6. The highest BCUT2D eigenvalue weighted by Crippen LogP contribution is 2.26. The lowest BCUT2D eigenvalue weighted by molar-refractivity contribution is 0.0695. The number of amides is 1. The largest absolute Gasteiger partial charge is 0.505 e. The number of nitrogens with zero attached hydrogens (tertiary/aromatic N) is 2. The molecule has 1 amide bonds. The van der Waals surface area contributed by atoms with E-state index in [1.807, 2.05) is 0 Å². The van der Waals surface area contributed by atoms with Gasteiger partial charge in [0.2, 0.25) is 10.0 Å². The molecule has 25 heavy (non-hydrogen) atoms. The Bertz CT molecular complexity index is 876. The Morgan fingerprint density at radius 1 is 0.960 bits per heavy atom. The van der Waals surface area contributed by atoms with Crippen molar-refractivity contribution in [3.05, 3.63) is 54.1 Å². The summed E-state index contributed by atoms with van der Waals surface area (Å²) in [6.45, 7) is 0.899. The lowest BCUT2D eigenvalue weighted by Crippen LogP contribution is -2.50. The van der Waals surface area contributed by atoms with Crippen molar-refractivity contribution in [2.75, 3.05) is 31.9 Å². The normalized spacial score (nSPS) is 15.9. The summed E-state index contributed by atoms with van der Waals surface area (Å²) in [4.78, 5) is 14.3. The van der Waals surface area contributed by atoms with E-state index in [9.17, 15) is 18.3 Å². The Hall–Kier alpha value is -2.58. The van der Waals surface area contributed by atoms with E-state index in [-0.39, 0.29) is 54.0 Å². The summed E-state index contributed by atoms with van der Waals surface area (Å²) < 4.78 is 26.6. The number of carbonyl (C=O) groups excluding carboxylic acids is 1. The van der Waals surface area contributed by atoms with Crippen LogP contribution >= 0.6 is 0 Å². The van der Waals surface area contributed by atoms with Crippen molar-refractivity contribution < 1.29 is 18.3 Å². The molecule has 3 rings (SSSR count). The van der Waals surface area contributed by atoms with Crippen LogP contribution in [0.1, 0.15) is 10.4 Å². The molecule has 1 heterocycles. The van der Waals surface area contributed by atoms with Crippen LogP contribution < -0.4 is 5.73 Å². The van der Waals surface area contributed by atoms with Crippen LogP contribution in [-0.2, 0) is 10.0 Å². The van der Waals surface area contributed by atoms with E-state index in [0.29, 0.717) is 0 Å². The van der Waals surface area contributed by atoms with Gasteiger partial charge < -0.3 is 15.7 Å². The number of hydrogen-bond donors (Lipinski definition) is 2. The number of hydrogen-bond acceptors (Lipinski definition) is 5. The van der Waals surface area contributed by atoms with Crippen LogP contribution in [0.2, 0.25) is 0 Å². The number of aromatic hydroxyl groups is 1. The van der Waals surface area contributed by atoms with E-state index >= 15 is 0 Å². The maximum Gasteiger partial charge on any atom is 0.257 e. The minimum absolute atomic E-state index is 0.124. The minimum atomic E-state index is -3.56. The molecule has 8 heteroatoms. The Morgan fingerprint density at radius 3 is 2.24 bits per heavy atom. The fraction of sp³-hybridized carbons (Fsp3) is 0.235.